The first-order chi connectivity index (χ1) is 7.31. The molecule has 2 nitrogen and oxygen atoms in total. The fourth-order valence-corrected chi connectivity index (χ4v) is 2.04. The topological polar surface area (TPSA) is 35.2 Å². The maximum absolute atomic E-state index is 13.5. The van der Waals surface area contributed by atoms with Gasteiger partial charge < -0.3 is 10.5 Å². The number of ether oxygens (including phenoxy) is 1. The van der Waals surface area contributed by atoms with Gasteiger partial charge in [0, 0.05) is 12.5 Å². The maximum atomic E-state index is 13.5. The molecule has 0 aliphatic carbocycles. The minimum Gasteiger partial charge on any atom is -0.376 e. The Balaban J connectivity index is 2.04. The molecule has 0 amide bonds. The number of nitrogens with two attached hydrogens (primary N) is 1. The molecule has 0 unspecified atom stereocenters. The van der Waals surface area contributed by atoms with Crippen LogP contribution in [-0.4, -0.2) is 19.3 Å². The highest BCUT2D eigenvalue weighted by atomic mass is 19.1. The number of hydrogen-bond donors (Lipinski definition) is 1. The lowest BCUT2D eigenvalue weighted by Crippen LogP contribution is -2.31. The van der Waals surface area contributed by atoms with E-state index in [1.165, 1.54) is 6.07 Å². The molecule has 0 spiro atoms. The highest BCUT2D eigenvalue weighted by Gasteiger charge is 2.23. The summed E-state index contributed by atoms with van der Waals surface area (Å²) in [6.07, 6.45) is 2.05. The molecule has 0 aromatic heterocycles. The Labute approximate surface area is 89.2 Å². The van der Waals surface area contributed by atoms with Crippen molar-refractivity contribution in [2.45, 2.75) is 24.9 Å². The fraction of sp³-hybridized carbons (Fsp3) is 0.500. The Bertz CT molecular complexity index is 321. The monoisotopic (exact) mass is 209 g/mol. The number of hydrogen-bond acceptors (Lipinski definition) is 2. The summed E-state index contributed by atoms with van der Waals surface area (Å²) in [6, 6.07) is 6.93. The summed E-state index contributed by atoms with van der Waals surface area (Å²) < 4.78 is 19.0. The van der Waals surface area contributed by atoms with Gasteiger partial charge in [-0.05, 0) is 24.5 Å². The van der Waals surface area contributed by atoms with Crippen LogP contribution in [0.4, 0.5) is 4.39 Å². The van der Waals surface area contributed by atoms with Crippen LogP contribution in [-0.2, 0) is 4.74 Å². The largest absolute Gasteiger partial charge is 0.376 e. The van der Waals surface area contributed by atoms with E-state index in [9.17, 15) is 4.39 Å². The van der Waals surface area contributed by atoms with E-state index in [4.69, 9.17) is 10.5 Å². The number of halogens is 1. The van der Waals surface area contributed by atoms with Gasteiger partial charge in [-0.2, -0.15) is 0 Å². The second-order valence-electron chi connectivity index (χ2n) is 3.99. The van der Waals surface area contributed by atoms with Crippen molar-refractivity contribution in [3.05, 3.63) is 35.6 Å². The van der Waals surface area contributed by atoms with E-state index in [-0.39, 0.29) is 17.8 Å². The second-order valence-corrected chi connectivity index (χ2v) is 3.99. The Kier molecular flexibility index (Phi) is 3.34. The van der Waals surface area contributed by atoms with Gasteiger partial charge in [-0.25, -0.2) is 4.39 Å². The Morgan fingerprint density at radius 2 is 2.13 bits per heavy atom. The van der Waals surface area contributed by atoms with Gasteiger partial charge >= 0.3 is 0 Å². The highest BCUT2D eigenvalue weighted by Crippen LogP contribution is 2.29. The number of rotatable bonds is 2. The predicted molar refractivity (Wildman–Crippen MR) is 57.2 cm³/mol. The van der Waals surface area contributed by atoms with Gasteiger partial charge in [-0.3, -0.25) is 0 Å². The Morgan fingerprint density at radius 3 is 2.73 bits per heavy atom. The second kappa shape index (κ2) is 4.73. The molecule has 2 atom stereocenters. The summed E-state index contributed by atoms with van der Waals surface area (Å²) in [7, 11) is 0. The van der Waals surface area contributed by atoms with Gasteiger partial charge in [0.05, 0.1) is 12.7 Å². The molecule has 1 aromatic rings. The molecule has 1 saturated heterocycles. The van der Waals surface area contributed by atoms with E-state index in [1.54, 1.807) is 6.07 Å². The average molecular weight is 209 g/mol. The SMILES string of the molecule is NC[C@@H]1CC[C@H](c2ccccc2F)CO1. The normalized spacial score (nSPS) is 26.5. The summed E-state index contributed by atoms with van der Waals surface area (Å²) >= 11 is 0. The summed E-state index contributed by atoms with van der Waals surface area (Å²) in [4.78, 5) is 0. The van der Waals surface area contributed by atoms with Gasteiger partial charge in [-0.1, -0.05) is 18.2 Å². The molecule has 1 aliphatic heterocycles. The quantitative estimate of drug-likeness (QED) is 0.809. The molecule has 2 N–H and O–H groups in total. The molecule has 1 fully saturated rings. The zero-order chi connectivity index (χ0) is 10.7. The Morgan fingerprint density at radius 1 is 1.33 bits per heavy atom. The molecular formula is C12H16FNO. The van der Waals surface area contributed by atoms with Crippen LogP contribution in [0.2, 0.25) is 0 Å². The van der Waals surface area contributed by atoms with E-state index in [1.807, 2.05) is 12.1 Å². The van der Waals surface area contributed by atoms with Crippen LogP contribution in [0.5, 0.6) is 0 Å². The van der Waals surface area contributed by atoms with Crippen molar-refractivity contribution < 1.29 is 9.13 Å². The molecule has 82 valence electrons. The first-order valence-electron chi connectivity index (χ1n) is 5.37. The van der Waals surface area contributed by atoms with Gasteiger partial charge in [0.1, 0.15) is 5.82 Å². The van der Waals surface area contributed by atoms with Crippen LogP contribution in [0, 0.1) is 5.82 Å². The fourth-order valence-electron chi connectivity index (χ4n) is 2.04. The lowest BCUT2D eigenvalue weighted by atomic mass is 9.91. The number of benzene rings is 1. The minimum absolute atomic E-state index is 0.128. The first kappa shape index (κ1) is 10.6. The third kappa shape index (κ3) is 2.36. The van der Waals surface area contributed by atoms with Crippen LogP contribution < -0.4 is 5.73 Å². The summed E-state index contributed by atoms with van der Waals surface area (Å²) in [5.74, 6) is 0.0614. The van der Waals surface area contributed by atoms with Crippen molar-refractivity contribution in [2.75, 3.05) is 13.2 Å². The summed E-state index contributed by atoms with van der Waals surface area (Å²) in [5.41, 5.74) is 6.29. The average Bonchev–Trinajstić information content (AvgIpc) is 2.30. The predicted octanol–water partition coefficient (Wildman–Crippen LogP) is 2.05. The molecule has 1 aromatic carbocycles. The van der Waals surface area contributed by atoms with Crippen molar-refractivity contribution >= 4 is 0 Å². The van der Waals surface area contributed by atoms with E-state index >= 15 is 0 Å². The minimum atomic E-state index is -0.128. The van der Waals surface area contributed by atoms with Gasteiger partial charge in [0.25, 0.3) is 0 Å². The first-order valence-corrected chi connectivity index (χ1v) is 5.37. The lowest BCUT2D eigenvalue weighted by molar-refractivity contribution is 0.00891. The van der Waals surface area contributed by atoms with Gasteiger partial charge in [0.15, 0.2) is 0 Å². The van der Waals surface area contributed by atoms with Crippen molar-refractivity contribution in [2.24, 2.45) is 5.73 Å². The summed E-state index contributed by atoms with van der Waals surface area (Å²) in [5, 5.41) is 0. The molecule has 0 radical (unpaired) electrons. The van der Waals surface area contributed by atoms with Crippen molar-refractivity contribution in [1.82, 2.24) is 0 Å². The third-order valence-electron chi connectivity index (χ3n) is 2.98. The highest BCUT2D eigenvalue weighted by molar-refractivity contribution is 5.22. The van der Waals surface area contributed by atoms with Crippen molar-refractivity contribution in [1.29, 1.82) is 0 Å². The zero-order valence-electron chi connectivity index (χ0n) is 8.66. The van der Waals surface area contributed by atoms with Crippen LogP contribution in [0.1, 0.15) is 24.3 Å². The standard InChI is InChI=1S/C12H16FNO/c13-12-4-2-1-3-11(12)9-5-6-10(7-14)15-8-9/h1-4,9-10H,5-8,14H2/t9-,10-/m0/s1. The molecule has 2 rings (SSSR count). The molecule has 15 heavy (non-hydrogen) atoms. The van der Waals surface area contributed by atoms with Crippen LogP contribution in [0.25, 0.3) is 0 Å². The van der Waals surface area contributed by atoms with Crippen LogP contribution in [0.3, 0.4) is 0 Å². The van der Waals surface area contributed by atoms with E-state index in [0.717, 1.165) is 18.4 Å². The molecule has 1 aliphatic rings. The van der Waals surface area contributed by atoms with Gasteiger partial charge in [-0.15, -0.1) is 0 Å². The lowest BCUT2D eigenvalue weighted by Gasteiger charge is -2.28. The smallest absolute Gasteiger partial charge is 0.126 e. The molecule has 0 saturated carbocycles. The third-order valence-corrected chi connectivity index (χ3v) is 2.98. The molecule has 0 bridgehead atoms. The van der Waals surface area contributed by atoms with E-state index in [0.29, 0.717) is 13.2 Å². The molecule has 3 heteroatoms. The van der Waals surface area contributed by atoms with Crippen molar-refractivity contribution in [3.63, 3.8) is 0 Å². The van der Waals surface area contributed by atoms with Crippen LogP contribution >= 0.6 is 0 Å². The van der Waals surface area contributed by atoms with Gasteiger partial charge in [0.2, 0.25) is 0 Å². The summed E-state index contributed by atoms with van der Waals surface area (Å²) in [6.45, 7) is 1.15. The maximum Gasteiger partial charge on any atom is 0.126 e. The zero-order valence-corrected chi connectivity index (χ0v) is 8.66. The Hall–Kier alpha value is -0.930. The van der Waals surface area contributed by atoms with E-state index < -0.39 is 0 Å². The van der Waals surface area contributed by atoms with Crippen molar-refractivity contribution in [3.8, 4) is 0 Å². The van der Waals surface area contributed by atoms with E-state index in [2.05, 4.69) is 0 Å². The van der Waals surface area contributed by atoms with Crippen LogP contribution in [0.15, 0.2) is 24.3 Å². The molecular weight excluding hydrogens is 193 g/mol. The molecule has 1 heterocycles.